The van der Waals surface area contributed by atoms with Crippen LogP contribution >= 0.6 is 0 Å². The number of benzene rings is 1. The van der Waals surface area contributed by atoms with E-state index in [4.69, 9.17) is 0 Å². The van der Waals surface area contributed by atoms with E-state index in [1.807, 2.05) is 33.9 Å². The normalized spacial score (nSPS) is 13.7. The molecular formula is C16H28N2O2S. The molecule has 1 aromatic carbocycles. The lowest BCUT2D eigenvalue weighted by molar-refractivity contribution is 0.482. The molecule has 0 heterocycles. The Labute approximate surface area is 129 Å². The molecule has 120 valence electrons. The molecule has 0 aromatic heterocycles. The lowest BCUT2D eigenvalue weighted by atomic mass is 10.1. The van der Waals surface area contributed by atoms with Gasteiger partial charge >= 0.3 is 0 Å². The molecule has 5 heteroatoms. The molecule has 0 amide bonds. The summed E-state index contributed by atoms with van der Waals surface area (Å²) in [5.41, 5.74) is 2.91. The molecule has 21 heavy (non-hydrogen) atoms. The SMILES string of the molecule is CNCc1cc(S(=O)(=O)NC(C)CC(C)C)c(C)cc1C. The molecule has 0 bridgehead atoms. The Kier molecular flexibility index (Phi) is 6.38. The number of sulfonamides is 1. The Morgan fingerprint density at radius 1 is 1.10 bits per heavy atom. The Hall–Kier alpha value is -0.910. The first-order chi connectivity index (χ1) is 9.67. The number of aryl methyl sites for hydroxylation is 2. The summed E-state index contributed by atoms with van der Waals surface area (Å²) < 4.78 is 27.9. The highest BCUT2D eigenvalue weighted by molar-refractivity contribution is 7.89. The molecule has 1 atom stereocenters. The van der Waals surface area contributed by atoms with Gasteiger partial charge in [0.2, 0.25) is 10.0 Å². The van der Waals surface area contributed by atoms with Crippen LogP contribution in [0.1, 0.15) is 43.9 Å². The second kappa shape index (κ2) is 7.38. The second-order valence-corrected chi connectivity index (χ2v) is 7.91. The van der Waals surface area contributed by atoms with E-state index in [-0.39, 0.29) is 6.04 Å². The molecule has 1 unspecified atom stereocenters. The summed E-state index contributed by atoms with van der Waals surface area (Å²) in [6.07, 6.45) is 0.827. The van der Waals surface area contributed by atoms with Crippen LogP contribution in [0.4, 0.5) is 0 Å². The average Bonchev–Trinajstić information content (AvgIpc) is 2.30. The molecule has 0 aliphatic heterocycles. The van der Waals surface area contributed by atoms with E-state index in [2.05, 4.69) is 23.9 Å². The number of nitrogens with one attached hydrogen (secondary N) is 2. The van der Waals surface area contributed by atoms with E-state index >= 15 is 0 Å². The van der Waals surface area contributed by atoms with Crippen LogP contribution in [0.15, 0.2) is 17.0 Å². The van der Waals surface area contributed by atoms with E-state index in [0.29, 0.717) is 17.4 Å². The first-order valence-corrected chi connectivity index (χ1v) is 8.92. The molecule has 0 saturated heterocycles. The van der Waals surface area contributed by atoms with Gasteiger partial charge in [0.25, 0.3) is 0 Å². The molecule has 0 aliphatic rings. The van der Waals surface area contributed by atoms with Crippen LogP contribution in [0.3, 0.4) is 0 Å². The largest absolute Gasteiger partial charge is 0.316 e. The minimum Gasteiger partial charge on any atom is -0.316 e. The van der Waals surface area contributed by atoms with Crippen LogP contribution in [0, 0.1) is 19.8 Å². The standard InChI is InChI=1S/C16H28N2O2S/c1-11(2)7-14(5)18-21(19,20)16-9-15(10-17-6)12(3)8-13(16)4/h8-9,11,14,17-18H,7,10H2,1-6H3. The summed E-state index contributed by atoms with van der Waals surface area (Å²) in [6.45, 7) is 10.6. The van der Waals surface area contributed by atoms with E-state index in [0.717, 1.165) is 23.1 Å². The topological polar surface area (TPSA) is 58.2 Å². The van der Waals surface area contributed by atoms with Crippen molar-refractivity contribution in [2.75, 3.05) is 7.05 Å². The summed E-state index contributed by atoms with van der Waals surface area (Å²) in [5.74, 6) is 0.460. The summed E-state index contributed by atoms with van der Waals surface area (Å²) >= 11 is 0. The van der Waals surface area contributed by atoms with Crippen molar-refractivity contribution >= 4 is 10.0 Å². The zero-order chi connectivity index (χ0) is 16.2. The summed E-state index contributed by atoms with van der Waals surface area (Å²) in [4.78, 5) is 0.383. The lowest BCUT2D eigenvalue weighted by Crippen LogP contribution is -2.34. The maximum atomic E-state index is 12.6. The highest BCUT2D eigenvalue weighted by Gasteiger charge is 2.21. The third-order valence-electron chi connectivity index (χ3n) is 3.47. The summed E-state index contributed by atoms with van der Waals surface area (Å²) in [6, 6.07) is 3.66. The first kappa shape index (κ1) is 18.1. The van der Waals surface area contributed by atoms with Crippen molar-refractivity contribution in [3.05, 3.63) is 28.8 Å². The molecular weight excluding hydrogens is 284 g/mol. The summed E-state index contributed by atoms with van der Waals surface area (Å²) in [5, 5.41) is 3.07. The monoisotopic (exact) mass is 312 g/mol. The molecule has 0 spiro atoms. The van der Waals surface area contributed by atoms with Gasteiger partial charge in [-0.3, -0.25) is 0 Å². The van der Waals surface area contributed by atoms with Crippen molar-refractivity contribution in [1.29, 1.82) is 0 Å². The molecule has 1 aromatic rings. The van der Waals surface area contributed by atoms with Crippen molar-refractivity contribution in [3.8, 4) is 0 Å². The fraction of sp³-hybridized carbons (Fsp3) is 0.625. The Balaban J connectivity index is 3.10. The van der Waals surface area contributed by atoms with Gasteiger partial charge in [0.15, 0.2) is 0 Å². The third kappa shape index (κ3) is 5.09. The molecule has 4 nitrogen and oxygen atoms in total. The fourth-order valence-corrected chi connectivity index (χ4v) is 4.16. The van der Waals surface area contributed by atoms with Gasteiger partial charge in [0, 0.05) is 12.6 Å². The van der Waals surface area contributed by atoms with Crippen molar-refractivity contribution in [2.24, 2.45) is 5.92 Å². The predicted octanol–water partition coefficient (Wildman–Crippen LogP) is 2.74. The van der Waals surface area contributed by atoms with Gasteiger partial charge in [-0.05, 0) is 62.9 Å². The fourth-order valence-electron chi connectivity index (χ4n) is 2.63. The maximum Gasteiger partial charge on any atom is 0.241 e. The number of hydrogen-bond donors (Lipinski definition) is 2. The number of hydrogen-bond acceptors (Lipinski definition) is 3. The molecule has 0 aliphatic carbocycles. The average molecular weight is 312 g/mol. The first-order valence-electron chi connectivity index (χ1n) is 7.44. The second-order valence-electron chi connectivity index (χ2n) is 6.23. The molecule has 1 rings (SSSR count). The van der Waals surface area contributed by atoms with Crippen LogP contribution in [0.2, 0.25) is 0 Å². The van der Waals surface area contributed by atoms with Crippen LogP contribution < -0.4 is 10.0 Å². The minimum absolute atomic E-state index is 0.0662. The van der Waals surface area contributed by atoms with Crippen molar-refractivity contribution < 1.29 is 8.42 Å². The quantitative estimate of drug-likeness (QED) is 0.814. The minimum atomic E-state index is -3.47. The van der Waals surface area contributed by atoms with Gasteiger partial charge in [-0.25, -0.2) is 13.1 Å². The van der Waals surface area contributed by atoms with Crippen molar-refractivity contribution in [2.45, 2.75) is 58.5 Å². The van der Waals surface area contributed by atoms with E-state index in [1.165, 1.54) is 0 Å². The highest BCUT2D eigenvalue weighted by Crippen LogP contribution is 2.21. The highest BCUT2D eigenvalue weighted by atomic mass is 32.2. The van der Waals surface area contributed by atoms with E-state index < -0.39 is 10.0 Å². The van der Waals surface area contributed by atoms with Crippen LogP contribution in [-0.2, 0) is 16.6 Å². The molecule has 0 radical (unpaired) electrons. The van der Waals surface area contributed by atoms with Crippen molar-refractivity contribution in [1.82, 2.24) is 10.0 Å². The maximum absolute atomic E-state index is 12.6. The summed E-state index contributed by atoms with van der Waals surface area (Å²) in [7, 11) is -1.61. The Morgan fingerprint density at radius 3 is 2.24 bits per heavy atom. The van der Waals surface area contributed by atoms with E-state index in [9.17, 15) is 8.42 Å². The van der Waals surface area contributed by atoms with Gasteiger partial charge < -0.3 is 5.32 Å². The van der Waals surface area contributed by atoms with Crippen LogP contribution in [-0.4, -0.2) is 21.5 Å². The smallest absolute Gasteiger partial charge is 0.241 e. The van der Waals surface area contributed by atoms with E-state index in [1.54, 1.807) is 6.07 Å². The molecule has 0 saturated carbocycles. The van der Waals surface area contributed by atoms with Gasteiger partial charge in [0.05, 0.1) is 4.90 Å². The van der Waals surface area contributed by atoms with Crippen LogP contribution in [0.5, 0.6) is 0 Å². The lowest BCUT2D eigenvalue weighted by Gasteiger charge is -2.18. The van der Waals surface area contributed by atoms with Gasteiger partial charge in [-0.15, -0.1) is 0 Å². The zero-order valence-electron chi connectivity index (χ0n) is 13.9. The van der Waals surface area contributed by atoms with Crippen LogP contribution in [0.25, 0.3) is 0 Å². The molecule has 2 N–H and O–H groups in total. The van der Waals surface area contributed by atoms with Gasteiger partial charge in [-0.1, -0.05) is 19.9 Å². The third-order valence-corrected chi connectivity index (χ3v) is 5.20. The Bertz CT molecular complexity index is 580. The number of rotatable bonds is 7. The van der Waals surface area contributed by atoms with Crippen molar-refractivity contribution in [3.63, 3.8) is 0 Å². The zero-order valence-corrected chi connectivity index (χ0v) is 14.8. The predicted molar refractivity (Wildman–Crippen MR) is 87.9 cm³/mol. The Morgan fingerprint density at radius 2 is 1.71 bits per heavy atom. The van der Waals surface area contributed by atoms with Gasteiger partial charge in [-0.2, -0.15) is 0 Å². The van der Waals surface area contributed by atoms with Gasteiger partial charge in [0.1, 0.15) is 0 Å². The molecule has 0 fully saturated rings.